The first-order valence-electron chi connectivity index (χ1n) is 9.38. The number of halogens is 1. The molecule has 0 bridgehead atoms. The van der Waals surface area contributed by atoms with Gasteiger partial charge >= 0.3 is 23.9 Å². The molecule has 2 unspecified atom stereocenters. The number of carbonyl (C=O) groups is 6. The lowest BCUT2D eigenvalue weighted by Gasteiger charge is -2.17. The quantitative estimate of drug-likeness (QED) is 0.0657. The van der Waals surface area contributed by atoms with Crippen molar-refractivity contribution < 1.29 is 47.9 Å². The predicted octanol–water partition coefficient (Wildman–Crippen LogP) is -0.836. The number of unbranched alkanes of at least 4 members (excludes halogenated alkanes) is 1. The van der Waals surface area contributed by atoms with Gasteiger partial charge in [0.25, 0.3) is 0 Å². The van der Waals surface area contributed by atoms with Gasteiger partial charge in [-0.25, -0.2) is 0 Å². The number of nitrogens with one attached hydrogen (secondary N) is 2. The van der Waals surface area contributed by atoms with Crippen LogP contribution in [0, 0.1) is 0 Å². The van der Waals surface area contributed by atoms with E-state index in [4.69, 9.17) is 24.9 Å². The summed E-state index contributed by atoms with van der Waals surface area (Å²) in [7, 11) is 0. The van der Waals surface area contributed by atoms with Crippen LogP contribution in [0.5, 0.6) is 0 Å². The van der Waals surface area contributed by atoms with Gasteiger partial charge in [-0.2, -0.15) is 0 Å². The molecule has 0 aliphatic carbocycles. The fraction of sp³-hybridized carbons (Fsp3) is 0.647. The van der Waals surface area contributed by atoms with Crippen molar-refractivity contribution in [3.8, 4) is 0 Å². The zero-order chi connectivity index (χ0) is 24.5. The van der Waals surface area contributed by atoms with E-state index in [9.17, 15) is 28.8 Å². The second-order valence-corrected chi connectivity index (χ2v) is 7.56. The highest BCUT2D eigenvalue weighted by molar-refractivity contribution is 9.09. The Morgan fingerprint density at radius 1 is 1.03 bits per heavy atom. The minimum absolute atomic E-state index is 0.0359. The normalized spacial score (nSPS) is 12.2. The second kappa shape index (κ2) is 17.2. The van der Waals surface area contributed by atoms with E-state index in [-0.39, 0.29) is 37.0 Å². The standard InChI is InChI=1S/C17H26BrN3O10S/c18-7-15(26)30-6-2-1-3-14(25)31-32-9-11(16(27)20-8-13(23)24)21-12(22)5-4-10(19)17(28)29/h10-11H,1-9,19H2,(H,20,27)(H,21,22)(H,23,24)(H,28,29). The second-order valence-electron chi connectivity index (χ2n) is 6.27. The van der Waals surface area contributed by atoms with Crippen LogP contribution >= 0.6 is 28.0 Å². The van der Waals surface area contributed by atoms with E-state index in [1.807, 2.05) is 0 Å². The average Bonchev–Trinajstić information content (AvgIpc) is 2.74. The summed E-state index contributed by atoms with van der Waals surface area (Å²) in [5.74, 6) is -5.29. The molecule has 0 aromatic heterocycles. The van der Waals surface area contributed by atoms with Crippen LogP contribution < -0.4 is 16.4 Å². The van der Waals surface area contributed by atoms with E-state index < -0.39 is 54.3 Å². The van der Waals surface area contributed by atoms with Gasteiger partial charge in [-0.05, 0) is 19.3 Å². The van der Waals surface area contributed by atoms with Gasteiger partial charge in [0.1, 0.15) is 24.0 Å². The van der Waals surface area contributed by atoms with Crippen molar-refractivity contribution in [2.45, 2.75) is 44.2 Å². The first-order chi connectivity index (χ1) is 15.1. The molecule has 32 heavy (non-hydrogen) atoms. The summed E-state index contributed by atoms with van der Waals surface area (Å²) in [5.41, 5.74) is 5.32. The molecule has 2 atom stereocenters. The summed E-state index contributed by atoms with van der Waals surface area (Å²) >= 11 is 3.54. The Kier molecular flexibility index (Phi) is 15.9. The molecule has 0 fully saturated rings. The van der Waals surface area contributed by atoms with Gasteiger partial charge in [0.15, 0.2) is 0 Å². The van der Waals surface area contributed by atoms with E-state index in [1.54, 1.807) is 0 Å². The lowest BCUT2D eigenvalue weighted by atomic mass is 10.1. The highest BCUT2D eigenvalue weighted by Crippen LogP contribution is 2.10. The molecule has 0 aromatic rings. The Balaban J connectivity index is 4.47. The van der Waals surface area contributed by atoms with E-state index in [0.29, 0.717) is 24.9 Å². The molecule has 6 N–H and O–H groups in total. The van der Waals surface area contributed by atoms with Crippen LogP contribution in [-0.2, 0) is 37.7 Å². The van der Waals surface area contributed by atoms with Gasteiger partial charge in [0, 0.05) is 12.8 Å². The zero-order valence-corrected chi connectivity index (χ0v) is 19.4. The van der Waals surface area contributed by atoms with Crippen molar-refractivity contribution >= 4 is 63.7 Å². The van der Waals surface area contributed by atoms with Gasteiger partial charge < -0.3 is 35.5 Å². The fourth-order valence-corrected chi connectivity index (χ4v) is 2.77. The first-order valence-corrected chi connectivity index (χ1v) is 11.4. The van der Waals surface area contributed by atoms with Gasteiger partial charge in [-0.15, -0.1) is 0 Å². The van der Waals surface area contributed by atoms with Crippen molar-refractivity contribution in [1.82, 2.24) is 10.6 Å². The Labute approximate surface area is 196 Å². The fourth-order valence-electron chi connectivity index (χ4n) is 1.95. The molecular weight excluding hydrogens is 518 g/mol. The Morgan fingerprint density at radius 3 is 2.31 bits per heavy atom. The van der Waals surface area contributed by atoms with Crippen LogP contribution in [0.3, 0.4) is 0 Å². The van der Waals surface area contributed by atoms with E-state index in [1.165, 1.54) is 0 Å². The SMILES string of the molecule is NC(CCC(=O)NC(CSOC(=O)CCCCOC(=O)CBr)C(=O)NCC(=O)O)C(=O)O. The molecule has 15 heteroatoms. The van der Waals surface area contributed by atoms with Gasteiger partial charge in [0.2, 0.25) is 11.8 Å². The van der Waals surface area contributed by atoms with Crippen molar-refractivity contribution in [1.29, 1.82) is 0 Å². The summed E-state index contributed by atoms with van der Waals surface area (Å²) in [5, 5.41) is 21.9. The Morgan fingerprint density at radius 2 is 1.72 bits per heavy atom. The lowest BCUT2D eigenvalue weighted by Crippen LogP contribution is -2.49. The third-order valence-corrected chi connectivity index (χ3v) is 4.83. The van der Waals surface area contributed by atoms with Crippen LogP contribution in [0.15, 0.2) is 0 Å². The molecule has 0 rings (SSSR count). The van der Waals surface area contributed by atoms with Gasteiger partial charge in [-0.1, -0.05) is 15.9 Å². The molecule has 0 aromatic carbocycles. The van der Waals surface area contributed by atoms with Crippen molar-refractivity contribution in [3.63, 3.8) is 0 Å². The minimum atomic E-state index is -1.29. The maximum Gasteiger partial charge on any atom is 0.322 e. The van der Waals surface area contributed by atoms with E-state index in [2.05, 4.69) is 26.6 Å². The molecule has 0 spiro atoms. The van der Waals surface area contributed by atoms with E-state index >= 15 is 0 Å². The molecule has 13 nitrogen and oxygen atoms in total. The molecule has 0 saturated heterocycles. The highest BCUT2D eigenvalue weighted by atomic mass is 79.9. The van der Waals surface area contributed by atoms with Crippen LogP contribution in [0.4, 0.5) is 0 Å². The third-order valence-electron chi connectivity index (χ3n) is 3.60. The lowest BCUT2D eigenvalue weighted by molar-refractivity contribution is -0.141. The molecule has 0 aliphatic rings. The number of hydrogen-bond acceptors (Lipinski definition) is 10. The maximum atomic E-state index is 12.1. The van der Waals surface area contributed by atoms with Crippen LogP contribution in [0.25, 0.3) is 0 Å². The number of alkyl halides is 1. The number of ether oxygens (including phenoxy) is 1. The predicted molar refractivity (Wildman–Crippen MR) is 115 cm³/mol. The van der Waals surface area contributed by atoms with Gasteiger partial charge in [0.05, 0.1) is 24.4 Å². The Bertz CT molecular complexity index is 679. The average molecular weight is 544 g/mol. The number of hydrogen-bond donors (Lipinski definition) is 5. The Hall–Kier alpha value is -2.39. The maximum absolute atomic E-state index is 12.1. The number of carboxylic acid groups (broad SMARTS) is 2. The van der Waals surface area contributed by atoms with Crippen LogP contribution in [-0.4, -0.2) is 82.2 Å². The third kappa shape index (κ3) is 15.4. The minimum Gasteiger partial charge on any atom is -0.480 e. The van der Waals surface area contributed by atoms with Crippen LogP contribution in [0.2, 0.25) is 0 Å². The van der Waals surface area contributed by atoms with Crippen molar-refractivity contribution in [3.05, 3.63) is 0 Å². The highest BCUT2D eigenvalue weighted by Gasteiger charge is 2.23. The first kappa shape index (κ1) is 29.6. The molecule has 0 heterocycles. The molecule has 0 radical (unpaired) electrons. The molecule has 182 valence electrons. The number of carbonyl (C=O) groups excluding carboxylic acids is 4. The van der Waals surface area contributed by atoms with Gasteiger partial charge in [-0.3, -0.25) is 28.8 Å². The summed E-state index contributed by atoms with van der Waals surface area (Å²) in [6, 6.07) is -2.48. The summed E-state index contributed by atoms with van der Waals surface area (Å²) in [4.78, 5) is 68.1. The summed E-state index contributed by atoms with van der Waals surface area (Å²) < 4.78 is 9.75. The van der Waals surface area contributed by atoms with Crippen LogP contribution in [0.1, 0.15) is 32.1 Å². The number of amides is 2. The molecule has 0 saturated carbocycles. The summed E-state index contributed by atoms with van der Waals surface area (Å²) in [6.07, 6.45) is 0.442. The number of carboxylic acids is 2. The molecule has 2 amide bonds. The van der Waals surface area contributed by atoms with Crippen molar-refractivity contribution in [2.75, 3.05) is 24.2 Å². The number of aliphatic carboxylic acids is 2. The number of esters is 1. The van der Waals surface area contributed by atoms with Crippen molar-refractivity contribution in [2.24, 2.45) is 5.73 Å². The number of rotatable bonds is 17. The molecule has 0 aliphatic heterocycles. The largest absolute Gasteiger partial charge is 0.480 e. The smallest absolute Gasteiger partial charge is 0.322 e. The topological polar surface area (TPSA) is 211 Å². The zero-order valence-electron chi connectivity index (χ0n) is 17.0. The summed E-state index contributed by atoms with van der Waals surface area (Å²) in [6.45, 7) is -0.520. The van der Waals surface area contributed by atoms with E-state index in [0.717, 1.165) is 0 Å². The number of nitrogens with two attached hydrogens (primary N) is 1. The monoisotopic (exact) mass is 543 g/mol. The molecular formula is C17H26BrN3O10S.